The Morgan fingerprint density at radius 3 is 2.59 bits per heavy atom. The topological polar surface area (TPSA) is 39.8 Å². The van der Waals surface area contributed by atoms with Crippen molar-refractivity contribution in [2.75, 3.05) is 0 Å². The SMILES string of the molecule is Cn1cnn(CCCCc2ccccc2)c1=O. The Kier molecular flexibility index (Phi) is 3.75. The number of benzene rings is 1. The highest BCUT2D eigenvalue weighted by Crippen LogP contribution is 2.04. The van der Waals surface area contributed by atoms with Gasteiger partial charge < -0.3 is 0 Å². The van der Waals surface area contributed by atoms with Crippen molar-refractivity contribution < 1.29 is 0 Å². The lowest BCUT2D eigenvalue weighted by Crippen LogP contribution is -2.23. The van der Waals surface area contributed by atoms with Crippen molar-refractivity contribution in [3.8, 4) is 0 Å². The summed E-state index contributed by atoms with van der Waals surface area (Å²) in [6.45, 7) is 0.701. The van der Waals surface area contributed by atoms with Crippen LogP contribution in [0.15, 0.2) is 41.5 Å². The van der Waals surface area contributed by atoms with Crippen molar-refractivity contribution in [2.45, 2.75) is 25.8 Å². The fourth-order valence-corrected chi connectivity index (χ4v) is 1.81. The molecule has 0 aliphatic carbocycles. The molecule has 0 saturated heterocycles. The molecule has 0 saturated carbocycles. The molecule has 2 aromatic rings. The van der Waals surface area contributed by atoms with Crippen LogP contribution >= 0.6 is 0 Å². The van der Waals surface area contributed by atoms with Gasteiger partial charge in [-0.25, -0.2) is 9.48 Å². The summed E-state index contributed by atoms with van der Waals surface area (Å²) in [6.07, 6.45) is 4.67. The second-order valence-corrected chi connectivity index (χ2v) is 4.19. The lowest BCUT2D eigenvalue weighted by Gasteiger charge is -2.01. The van der Waals surface area contributed by atoms with Gasteiger partial charge in [0.25, 0.3) is 0 Å². The van der Waals surface area contributed by atoms with E-state index in [9.17, 15) is 4.79 Å². The maximum Gasteiger partial charge on any atom is 0.345 e. The zero-order valence-electron chi connectivity index (χ0n) is 10.0. The zero-order chi connectivity index (χ0) is 12.1. The van der Waals surface area contributed by atoms with Gasteiger partial charge in [0.1, 0.15) is 6.33 Å². The molecule has 4 heteroatoms. The van der Waals surface area contributed by atoms with Gasteiger partial charge in [-0.05, 0) is 24.8 Å². The molecule has 0 fully saturated rings. The summed E-state index contributed by atoms with van der Waals surface area (Å²) >= 11 is 0. The minimum atomic E-state index is -0.0373. The summed E-state index contributed by atoms with van der Waals surface area (Å²) in [5.41, 5.74) is 1.31. The highest BCUT2D eigenvalue weighted by Gasteiger charge is 2.00. The van der Waals surface area contributed by atoms with E-state index in [1.54, 1.807) is 13.4 Å². The quantitative estimate of drug-likeness (QED) is 0.733. The summed E-state index contributed by atoms with van der Waals surface area (Å²) in [5.74, 6) is 0. The van der Waals surface area contributed by atoms with Gasteiger partial charge in [0.2, 0.25) is 0 Å². The average molecular weight is 231 g/mol. The molecule has 17 heavy (non-hydrogen) atoms. The summed E-state index contributed by atoms with van der Waals surface area (Å²) < 4.78 is 3.02. The Bertz CT molecular complexity index is 513. The standard InChI is InChI=1S/C13H17N3O/c1-15-11-14-16(13(15)17)10-6-5-9-12-7-3-2-4-8-12/h2-4,7-8,11H,5-6,9-10H2,1H3. The molecule has 90 valence electrons. The second-order valence-electron chi connectivity index (χ2n) is 4.19. The van der Waals surface area contributed by atoms with E-state index in [2.05, 4.69) is 29.4 Å². The number of aromatic nitrogens is 3. The van der Waals surface area contributed by atoms with Crippen LogP contribution in [0.25, 0.3) is 0 Å². The minimum Gasteiger partial charge on any atom is -0.285 e. The number of nitrogens with zero attached hydrogens (tertiary/aromatic N) is 3. The Morgan fingerprint density at radius 2 is 1.94 bits per heavy atom. The lowest BCUT2D eigenvalue weighted by atomic mass is 10.1. The predicted molar refractivity (Wildman–Crippen MR) is 66.8 cm³/mol. The monoisotopic (exact) mass is 231 g/mol. The van der Waals surface area contributed by atoms with Gasteiger partial charge >= 0.3 is 5.69 Å². The number of hydrogen-bond donors (Lipinski definition) is 0. The van der Waals surface area contributed by atoms with Crippen molar-refractivity contribution in [3.05, 3.63) is 52.7 Å². The molecular weight excluding hydrogens is 214 g/mol. The Balaban J connectivity index is 1.77. The van der Waals surface area contributed by atoms with Crippen LogP contribution in [-0.4, -0.2) is 14.3 Å². The van der Waals surface area contributed by atoms with Crippen molar-refractivity contribution >= 4 is 0 Å². The van der Waals surface area contributed by atoms with Crippen LogP contribution in [0.5, 0.6) is 0 Å². The van der Waals surface area contributed by atoms with Crippen molar-refractivity contribution in [1.82, 2.24) is 14.3 Å². The predicted octanol–water partition coefficient (Wildman–Crippen LogP) is 1.60. The van der Waals surface area contributed by atoms with Gasteiger partial charge in [0.15, 0.2) is 0 Å². The molecule has 0 aliphatic rings. The molecule has 4 nitrogen and oxygen atoms in total. The van der Waals surface area contributed by atoms with E-state index in [1.165, 1.54) is 14.8 Å². The van der Waals surface area contributed by atoms with E-state index in [0.29, 0.717) is 6.54 Å². The molecule has 0 unspecified atom stereocenters. The normalized spacial score (nSPS) is 10.6. The summed E-state index contributed by atoms with van der Waals surface area (Å²) in [5, 5.41) is 4.03. The lowest BCUT2D eigenvalue weighted by molar-refractivity contribution is 0.537. The third-order valence-corrected chi connectivity index (χ3v) is 2.81. The number of aryl methyl sites for hydroxylation is 3. The maximum atomic E-state index is 11.5. The smallest absolute Gasteiger partial charge is 0.285 e. The number of rotatable bonds is 5. The van der Waals surface area contributed by atoms with Crippen molar-refractivity contribution in [3.63, 3.8) is 0 Å². The number of hydrogen-bond acceptors (Lipinski definition) is 2. The summed E-state index contributed by atoms with van der Waals surface area (Å²) in [7, 11) is 1.72. The van der Waals surface area contributed by atoms with Gasteiger partial charge in [0, 0.05) is 13.6 Å². The first-order valence-electron chi connectivity index (χ1n) is 5.90. The Morgan fingerprint density at radius 1 is 1.18 bits per heavy atom. The molecule has 2 rings (SSSR count). The number of unbranched alkanes of at least 4 members (excludes halogenated alkanes) is 1. The Hall–Kier alpha value is -1.84. The fourth-order valence-electron chi connectivity index (χ4n) is 1.81. The molecule has 0 radical (unpaired) electrons. The minimum absolute atomic E-state index is 0.0373. The third kappa shape index (κ3) is 3.06. The molecule has 0 aliphatic heterocycles. The molecule has 0 amide bonds. The molecule has 0 spiro atoms. The van der Waals surface area contributed by atoms with Crippen LogP contribution in [-0.2, 0) is 20.0 Å². The van der Waals surface area contributed by atoms with E-state index < -0.39 is 0 Å². The van der Waals surface area contributed by atoms with E-state index in [1.807, 2.05) is 6.07 Å². The van der Waals surface area contributed by atoms with E-state index in [0.717, 1.165) is 19.3 Å². The fraction of sp³-hybridized carbons (Fsp3) is 0.385. The second kappa shape index (κ2) is 5.48. The zero-order valence-corrected chi connectivity index (χ0v) is 10.0. The van der Waals surface area contributed by atoms with Crippen LogP contribution in [0.2, 0.25) is 0 Å². The van der Waals surface area contributed by atoms with E-state index in [-0.39, 0.29) is 5.69 Å². The van der Waals surface area contributed by atoms with Crippen LogP contribution in [0.1, 0.15) is 18.4 Å². The molecule has 1 aromatic carbocycles. The van der Waals surface area contributed by atoms with Crippen LogP contribution in [0.4, 0.5) is 0 Å². The molecular formula is C13H17N3O. The van der Waals surface area contributed by atoms with E-state index in [4.69, 9.17) is 0 Å². The Labute approximate surface area is 101 Å². The van der Waals surface area contributed by atoms with Crippen molar-refractivity contribution in [1.29, 1.82) is 0 Å². The third-order valence-electron chi connectivity index (χ3n) is 2.81. The van der Waals surface area contributed by atoms with Crippen LogP contribution in [0, 0.1) is 0 Å². The van der Waals surface area contributed by atoms with E-state index >= 15 is 0 Å². The first-order chi connectivity index (χ1) is 8.27. The highest BCUT2D eigenvalue weighted by molar-refractivity contribution is 5.14. The molecule has 1 aromatic heterocycles. The molecule has 0 atom stereocenters. The van der Waals surface area contributed by atoms with Gasteiger partial charge in [-0.3, -0.25) is 4.57 Å². The molecule has 0 bridgehead atoms. The summed E-state index contributed by atoms with van der Waals surface area (Å²) in [4.78, 5) is 11.5. The van der Waals surface area contributed by atoms with Crippen LogP contribution < -0.4 is 5.69 Å². The largest absolute Gasteiger partial charge is 0.345 e. The molecule has 0 N–H and O–H groups in total. The van der Waals surface area contributed by atoms with Crippen LogP contribution in [0.3, 0.4) is 0 Å². The maximum absolute atomic E-state index is 11.5. The van der Waals surface area contributed by atoms with Gasteiger partial charge in [-0.1, -0.05) is 30.3 Å². The van der Waals surface area contributed by atoms with Gasteiger partial charge in [-0.15, -0.1) is 0 Å². The average Bonchev–Trinajstić information content (AvgIpc) is 2.67. The first kappa shape index (κ1) is 11.6. The van der Waals surface area contributed by atoms with Crippen molar-refractivity contribution in [2.24, 2.45) is 7.05 Å². The van der Waals surface area contributed by atoms with Gasteiger partial charge in [0.05, 0.1) is 0 Å². The highest BCUT2D eigenvalue weighted by atomic mass is 16.2. The molecule has 1 heterocycles. The summed E-state index contributed by atoms with van der Waals surface area (Å²) in [6, 6.07) is 10.4. The van der Waals surface area contributed by atoms with Gasteiger partial charge in [-0.2, -0.15) is 5.10 Å². The first-order valence-corrected chi connectivity index (χ1v) is 5.90.